The van der Waals surface area contributed by atoms with Crippen molar-refractivity contribution < 1.29 is 18.7 Å². The van der Waals surface area contributed by atoms with Gasteiger partial charge in [-0.05, 0) is 67.1 Å². The highest BCUT2D eigenvalue weighted by molar-refractivity contribution is 5.76. The van der Waals surface area contributed by atoms with Crippen molar-refractivity contribution >= 4 is 17.4 Å². The third-order valence-corrected chi connectivity index (χ3v) is 6.59. The average Bonchev–Trinajstić information content (AvgIpc) is 2.95. The minimum absolute atomic E-state index is 0.307. The number of carbonyl (C=O) groups is 1. The standard InChI is InChI=1S/C29H36FN5O3/c1-37-26-13-11-25(12-14-26)35(22-23-7-5-8-24(30)21-23)32-29(36)31-15-6-16-33-17-19-34(20-18-33)27-9-3-4-10-28(27)38-2/h3-5,7-14,21H,6,15-20,22H2,1-2H3,(H2,31,32,36). The molecule has 0 aliphatic carbocycles. The first-order valence-corrected chi connectivity index (χ1v) is 12.9. The molecule has 1 fully saturated rings. The van der Waals surface area contributed by atoms with Gasteiger partial charge in [0.1, 0.15) is 17.3 Å². The van der Waals surface area contributed by atoms with E-state index in [4.69, 9.17) is 9.47 Å². The molecule has 2 amide bonds. The Morgan fingerprint density at radius 2 is 1.71 bits per heavy atom. The number of hydrazine groups is 1. The van der Waals surface area contributed by atoms with E-state index < -0.39 is 0 Å². The van der Waals surface area contributed by atoms with E-state index in [1.807, 2.05) is 48.5 Å². The molecule has 0 spiro atoms. The molecule has 1 heterocycles. The highest BCUT2D eigenvalue weighted by atomic mass is 19.1. The number of methoxy groups -OCH3 is 2. The lowest BCUT2D eigenvalue weighted by atomic mass is 10.2. The summed E-state index contributed by atoms with van der Waals surface area (Å²) < 4.78 is 24.5. The molecule has 38 heavy (non-hydrogen) atoms. The molecule has 0 atom stereocenters. The van der Waals surface area contributed by atoms with Gasteiger partial charge in [-0.15, -0.1) is 0 Å². The van der Waals surface area contributed by atoms with Crippen molar-refractivity contribution in [2.75, 3.05) is 63.4 Å². The lowest BCUT2D eigenvalue weighted by Gasteiger charge is -2.36. The molecular weight excluding hydrogens is 485 g/mol. The number of piperazine rings is 1. The van der Waals surface area contributed by atoms with Crippen molar-refractivity contribution in [3.63, 3.8) is 0 Å². The van der Waals surface area contributed by atoms with Crippen LogP contribution in [-0.4, -0.2) is 64.4 Å². The number of amides is 2. The largest absolute Gasteiger partial charge is 0.497 e. The lowest BCUT2D eigenvalue weighted by molar-refractivity contribution is 0.235. The van der Waals surface area contributed by atoms with Crippen LogP contribution in [0.2, 0.25) is 0 Å². The summed E-state index contributed by atoms with van der Waals surface area (Å²) in [6.07, 6.45) is 0.842. The van der Waals surface area contributed by atoms with Crippen molar-refractivity contribution in [1.82, 2.24) is 15.6 Å². The molecule has 1 aliphatic rings. The van der Waals surface area contributed by atoms with Crippen LogP contribution in [-0.2, 0) is 6.54 Å². The van der Waals surface area contributed by atoms with Gasteiger partial charge >= 0.3 is 6.03 Å². The van der Waals surface area contributed by atoms with Crippen LogP contribution in [0.15, 0.2) is 72.8 Å². The quantitative estimate of drug-likeness (QED) is 0.290. The maximum absolute atomic E-state index is 13.7. The highest BCUT2D eigenvalue weighted by Gasteiger charge is 2.19. The van der Waals surface area contributed by atoms with E-state index in [9.17, 15) is 9.18 Å². The summed E-state index contributed by atoms with van der Waals surface area (Å²) in [5.74, 6) is 1.30. The van der Waals surface area contributed by atoms with Gasteiger partial charge in [-0.25, -0.2) is 14.6 Å². The molecule has 8 nitrogen and oxygen atoms in total. The van der Waals surface area contributed by atoms with Crippen LogP contribution in [0, 0.1) is 5.82 Å². The Labute approximate surface area is 223 Å². The van der Waals surface area contributed by atoms with E-state index in [0.29, 0.717) is 18.8 Å². The van der Waals surface area contributed by atoms with Crippen molar-refractivity contribution in [3.05, 3.63) is 84.2 Å². The summed E-state index contributed by atoms with van der Waals surface area (Å²) >= 11 is 0. The SMILES string of the molecule is COc1ccc(N(Cc2cccc(F)c2)NC(=O)NCCCN2CCN(c3ccccc3OC)CC2)cc1. The van der Waals surface area contributed by atoms with E-state index in [1.165, 1.54) is 12.1 Å². The molecular formula is C29H36FN5O3. The van der Waals surface area contributed by atoms with E-state index in [-0.39, 0.29) is 11.8 Å². The van der Waals surface area contributed by atoms with Gasteiger partial charge < -0.3 is 19.7 Å². The molecule has 0 unspecified atom stereocenters. The Hall–Kier alpha value is -3.98. The summed E-state index contributed by atoms with van der Waals surface area (Å²) in [6.45, 7) is 5.57. The Morgan fingerprint density at radius 1 is 0.947 bits per heavy atom. The molecule has 1 aliphatic heterocycles. The predicted molar refractivity (Wildman–Crippen MR) is 148 cm³/mol. The molecule has 0 aromatic heterocycles. The molecule has 202 valence electrons. The highest BCUT2D eigenvalue weighted by Crippen LogP contribution is 2.28. The van der Waals surface area contributed by atoms with Crippen LogP contribution in [0.1, 0.15) is 12.0 Å². The van der Waals surface area contributed by atoms with E-state index in [2.05, 4.69) is 26.6 Å². The smallest absolute Gasteiger partial charge is 0.333 e. The number of hydrogen-bond donors (Lipinski definition) is 2. The van der Waals surface area contributed by atoms with Gasteiger partial charge in [0, 0.05) is 32.7 Å². The molecule has 9 heteroatoms. The van der Waals surface area contributed by atoms with Gasteiger partial charge in [-0.3, -0.25) is 9.91 Å². The van der Waals surface area contributed by atoms with Crippen LogP contribution in [0.5, 0.6) is 11.5 Å². The van der Waals surface area contributed by atoms with Crippen molar-refractivity contribution in [2.24, 2.45) is 0 Å². The minimum Gasteiger partial charge on any atom is -0.497 e. The van der Waals surface area contributed by atoms with Crippen molar-refractivity contribution in [2.45, 2.75) is 13.0 Å². The molecule has 2 N–H and O–H groups in total. The fourth-order valence-corrected chi connectivity index (χ4v) is 4.55. The Morgan fingerprint density at radius 3 is 2.42 bits per heavy atom. The van der Waals surface area contributed by atoms with Crippen LogP contribution >= 0.6 is 0 Å². The number of nitrogens with one attached hydrogen (secondary N) is 2. The maximum atomic E-state index is 13.7. The number of halogens is 1. The third kappa shape index (κ3) is 7.52. The number of carbonyl (C=O) groups excluding carboxylic acids is 1. The fraction of sp³-hybridized carbons (Fsp3) is 0.345. The van der Waals surface area contributed by atoms with Gasteiger partial charge in [0.2, 0.25) is 0 Å². The Kier molecular flexibility index (Phi) is 9.64. The first-order valence-electron chi connectivity index (χ1n) is 12.9. The number of ether oxygens (including phenoxy) is 2. The van der Waals surface area contributed by atoms with Crippen molar-refractivity contribution in [1.29, 1.82) is 0 Å². The molecule has 1 saturated heterocycles. The predicted octanol–water partition coefficient (Wildman–Crippen LogP) is 4.28. The topological polar surface area (TPSA) is 69.3 Å². The zero-order chi connectivity index (χ0) is 26.7. The van der Waals surface area contributed by atoms with E-state index in [1.54, 1.807) is 25.3 Å². The molecule has 0 bridgehead atoms. The van der Waals surface area contributed by atoms with Crippen LogP contribution < -0.4 is 30.1 Å². The van der Waals surface area contributed by atoms with Gasteiger partial charge in [0.05, 0.1) is 32.1 Å². The van der Waals surface area contributed by atoms with Gasteiger partial charge in [0.25, 0.3) is 0 Å². The zero-order valence-electron chi connectivity index (χ0n) is 22.0. The summed E-state index contributed by atoms with van der Waals surface area (Å²) in [4.78, 5) is 17.5. The lowest BCUT2D eigenvalue weighted by Crippen LogP contribution is -2.49. The second kappa shape index (κ2) is 13.5. The number of nitrogens with zero attached hydrogens (tertiary/aromatic N) is 3. The Bertz CT molecular complexity index is 1170. The first-order chi connectivity index (χ1) is 18.6. The minimum atomic E-state index is -0.314. The normalized spacial score (nSPS) is 13.6. The number of hydrogen-bond acceptors (Lipinski definition) is 6. The van der Waals surface area contributed by atoms with E-state index in [0.717, 1.165) is 61.8 Å². The summed E-state index contributed by atoms with van der Waals surface area (Å²) in [5, 5.41) is 4.64. The van der Waals surface area contributed by atoms with Crippen LogP contribution in [0.3, 0.4) is 0 Å². The third-order valence-electron chi connectivity index (χ3n) is 6.59. The zero-order valence-corrected chi connectivity index (χ0v) is 22.0. The van der Waals surface area contributed by atoms with Crippen LogP contribution in [0.4, 0.5) is 20.6 Å². The number of benzene rings is 3. The van der Waals surface area contributed by atoms with E-state index >= 15 is 0 Å². The molecule has 3 aromatic carbocycles. The number of urea groups is 1. The van der Waals surface area contributed by atoms with Crippen LogP contribution in [0.25, 0.3) is 0 Å². The first kappa shape index (κ1) is 27.1. The van der Waals surface area contributed by atoms with Gasteiger partial charge in [-0.1, -0.05) is 24.3 Å². The molecule has 0 saturated carbocycles. The Balaban J connectivity index is 1.23. The van der Waals surface area contributed by atoms with Gasteiger partial charge in [-0.2, -0.15) is 0 Å². The second-order valence-corrected chi connectivity index (χ2v) is 9.14. The molecule has 4 rings (SSSR count). The summed E-state index contributed by atoms with van der Waals surface area (Å²) in [7, 11) is 3.31. The number of para-hydroxylation sites is 2. The maximum Gasteiger partial charge on any atom is 0.333 e. The number of rotatable bonds is 11. The van der Waals surface area contributed by atoms with Crippen molar-refractivity contribution in [3.8, 4) is 11.5 Å². The summed E-state index contributed by atoms with van der Waals surface area (Å²) in [6, 6.07) is 21.5. The molecule has 3 aromatic rings. The monoisotopic (exact) mass is 521 g/mol. The number of anilines is 2. The molecule has 0 radical (unpaired) electrons. The fourth-order valence-electron chi connectivity index (χ4n) is 4.55. The second-order valence-electron chi connectivity index (χ2n) is 9.14. The van der Waals surface area contributed by atoms with Gasteiger partial charge in [0.15, 0.2) is 0 Å². The summed E-state index contributed by atoms with van der Waals surface area (Å²) in [5.41, 5.74) is 5.54. The average molecular weight is 522 g/mol.